The van der Waals surface area contributed by atoms with Crippen molar-refractivity contribution < 1.29 is 0 Å². The molecule has 1 nitrogen and oxygen atoms in total. The minimum absolute atomic E-state index is 0.743. The van der Waals surface area contributed by atoms with Gasteiger partial charge in [-0.15, -0.1) is 12.3 Å². The van der Waals surface area contributed by atoms with Crippen molar-refractivity contribution in [2.24, 2.45) is 5.92 Å². The van der Waals surface area contributed by atoms with Crippen molar-refractivity contribution in [3.63, 3.8) is 0 Å². The molecule has 0 heterocycles. The van der Waals surface area contributed by atoms with Crippen LogP contribution in [-0.2, 0) is 0 Å². The van der Waals surface area contributed by atoms with Crippen LogP contribution in [0, 0.1) is 18.3 Å². The number of rotatable bonds is 4. The van der Waals surface area contributed by atoms with Gasteiger partial charge in [-0.25, -0.2) is 0 Å². The summed E-state index contributed by atoms with van der Waals surface area (Å²) in [5.74, 6) is 3.57. The van der Waals surface area contributed by atoms with Crippen molar-refractivity contribution in [2.75, 3.05) is 6.54 Å². The fraction of sp³-hybridized carbons (Fsp3) is 0.833. The second-order valence-electron chi connectivity index (χ2n) is 4.09. The second kappa shape index (κ2) is 6.05. The van der Waals surface area contributed by atoms with Crippen molar-refractivity contribution in [3.8, 4) is 12.3 Å². The van der Waals surface area contributed by atoms with Crippen LogP contribution in [0.25, 0.3) is 0 Å². The molecule has 0 spiro atoms. The van der Waals surface area contributed by atoms with E-state index in [2.05, 4.69) is 18.2 Å². The van der Waals surface area contributed by atoms with E-state index in [-0.39, 0.29) is 0 Å². The first-order valence-electron chi connectivity index (χ1n) is 5.53. The van der Waals surface area contributed by atoms with E-state index in [4.69, 9.17) is 6.42 Å². The first kappa shape index (κ1) is 10.6. The molecule has 0 radical (unpaired) electrons. The van der Waals surface area contributed by atoms with Gasteiger partial charge in [0.15, 0.2) is 0 Å². The van der Waals surface area contributed by atoms with Crippen molar-refractivity contribution in [1.29, 1.82) is 0 Å². The zero-order valence-electron chi connectivity index (χ0n) is 8.68. The summed E-state index contributed by atoms with van der Waals surface area (Å²) in [4.78, 5) is 0. The van der Waals surface area contributed by atoms with Crippen LogP contribution in [0.5, 0.6) is 0 Å². The minimum atomic E-state index is 0.743. The third kappa shape index (κ3) is 3.83. The van der Waals surface area contributed by atoms with Gasteiger partial charge in [0.25, 0.3) is 0 Å². The van der Waals surface area contributed by atoms with Gasteiger partial charge in [-0.1, -0.05) is 13.3 Å². The number of hydrogen-bond donors (Lipinski definition) is 1. The highest BCUT2D eigenvalue weighted by molar-refractivity contribution is 4.90. The Hall–Kier alpha value is -0.480. The van der Waals surface area contributed by atoms with Crippen LogP contribution in [0.3, 0.4) is 0 Å². The van der Waals surface area contributed by atoms with E-state index in [9.17, 15) is 0 Å². The summed E-state index contributed by atoms with van der Waals surface area (Å²) in [5.41, 5.74) is 0. The predicted octanol–water partition coefficient (Wildman–Crippen LogP) is 2.57. The average molecular weight is 179 g/mol. The van der Waals surface area contributed by atoms with Crippen LogP contribution >= 0.6 is 0 Å². The molecule has 1 aliphatic carbocycles. The fourth-order valence-corrected chi connectivity index (χ4v) is 2.18. The molecule has 0 amide bonds. The molecule has 1 aliphatic rings. The molecule has 2 unspecified atom stereocenters. The van der Waals surface area contributed by atoms with Crippen LogP contribution in [0.1, 0.15) is 45.4 Å². The SMILES string of the molecule is C#CCC1CCCC(NCCC)C1. The monoisotopic (exact) mass is 179 g/mol. The van der Waals surface area contributed by atoms with Crippen molar-refractivity contribution >= 4 is 0 Å². The first-order valence-corrected chi connectivity index (χ1v) is 5.53. The molecule has 0 aromatic rings. The smallest absolute Gasteiger partial charge is 0.0115 e. The summed E-state index contributed by atoms with van der Waals surface area (Å²) in [5, 5.41) is 3.59. The van der Waals surface area contributed by atoms with Gasteiger partial charge in [-0.3, -0.25) is 0 Å². The summed E-state index contributed by atoms with van der Waals surface area (Å²) in [6.07, 6.45) is 12.9. The summed E-state index contributed by atoms with van der Waals surface area (Å²) in [6, 6.07) is 0.743. The highest BCUT2D eigenvalue weighted by Crippen LogP contribution is 2.26. The standard InChI is InChI=1S/C12H21N/c1-3-6-11-7-5-8-12(10-11)13-9-4-2/h1,11-13H,4-10H2,2H3. The van der Waals surface area contributed by atoms with Crippen LogP contribution < -0.4 is 5.32 Å². The Labute approximate surface area is 82.3 Å². The highest BCUT2D eigenvalue weighted by Gasteiger charge is 2.20. The Bertz CT molecular complexity index is 168. The molecule has 1 fully saturated rings. The summed E-state index contributed by atoms with van der Waals surface area (Å²) >= 11 is 0. The summed E-state index contributed by atoms with van der Waals surface area (Å²) in [6.45, 7) is 3.38. The van der Waals surface area contributed by atoms with Gasteiger partial charge in [-0.05, 0) is 38.1 Å². The Morgan fingerprint density at radius 2 is 2.31 bits per heavy atom. The van der Waals surface area contributed by atoms with E-state index in [1.807, 2.05) is 0 Å². The maximum absolute atomic E-state index is 5.33. The Balaban J connectivity index is 2.21. The fourth-order valence-electron chi connectivity index (χ4n) is 2.18. The van der Waals surface area contributed by atoms with E-state index in [1.54, 1.807) is 0 Å². The average Bonchev–Trinajstić information content (AvgIpc) is 2.16. The van der Waals surface area contributed by atoms with E-state index >= 15 is 0 Å². The van der Waals surface area contributed by atoms with Crippen molar-refractivity contribution in [2.45, 2.75) is 51.5 Å². The van der Waals surface area contributed by atoms with Gasteiger partial charge in [0, 0.05) is 12.5 Å². The molecule has 1 N–H and O–H groups in total. The molecular weight excluding hydrogens is 158 g/mol. The van der Waals surface area contributed by atoms with Crippen LogP contribution in [0.15, 0.2) is 0 Å². The van der Waals surface area contributed by atoms with Crippen LogP contribution in [-0.4, -0.2) is 12.6 Å². The molecule has 13 heavy (non-hydrogen) atoms. The van der Waals surface area contributed by atoms with Crippen molar-refractivity contribution in [1.82, 2.24) is 5.32 Å². The normalized spacial score (nSPS) is 28.3. The lowest BCUT2D eigenvalue weighted by molar-refractivity contribution is 0.289. The molecule has 1 rings (SSSR count). The first-order chi connectivity index (χ1) is 6.36. The van der Waals surface area contributed by atoms with Crippen molar-refractivity contribution in [3.05, 3.63) is 0 Å². The number of hydrogen-bond acceptors (Lipinski definition) is 1. The minimum Gasteiger partial charge on any atom is -0.314 e. The highest BCUT2D eigenvalue weighted by atomic mass is 14.9. The molecule has 74 valence electrons. The summed E-state index contributed by atoms with van der Waals surface area (Å²) < 4.78 is 0. The second-order valence-corrected chi connectivity index (χ2v) is 4.09. The molecular formula is C12H21N. The molecule has 1 saturated carbocycles. The van der Waals surface area contributed by atoms with E-state index in [0.29, 0.717) is 0 Å². The molecule has 0 bridgehead atoms. The molecule has 1 heteroatoms. The Kier molecular flexibility index (Phi) is 4.93. The number of terminal acetylenes is 1. The van der Waals surface area contributed by atoms with Gasteiger partial charge in [-0.2, -0.15) is 0 Å². The van der Waals surface area contributed by atoms with Gasteiger partial charge in [0.05, 0.1) is 0 Å². The Morgan fingerprint density at radius 1 is 1.46 bits per heavy atom. The zero-order valence-corrected chi connectivity index (χ0v) is 8.68. The lowest BCUT2D eigenvalue weighted by atomic mass is 9.84. The molecule has 0 aromatic carbocycles. The molecule has 0 aliphatic heterocycles. The van der Waals surface area contributed by atoms with E-state index in [0.717, 1.165) is 24.9 Å². The zero-order chi connectivity index (χ0) is 9.52. The topological polar surface area (TPSA) is 12.0 Å². The molecule has 0 aromatic heterocycles. The van der Waals surface area contributed by atoms with Gasteiger partial charge in [0.1, 0.15) is 0 Å². The third-order valence-electron chi connectivity index (χ3n) is 2.87. The number of nitrogens with one attached hydrogen (secondary N) is 1. The largest absolute Gasteiger partial charge is 0.314 e. The van der Waals surface area contributed by atoms with E-state index < -0.39 is 0 Å². The van der Waals surface area contributed by atoms with Gasteiger partial charge < -0.3 is 5.32 Å². The van der Waals surface area contributed by atoms with E-state index in [1.165, 1.54) is 32.1 Å². The van der Waals surface area contributed by atoms with Crippen LogP contribution in [0.2, 0.25) is 0 Å². The lowest BCUT2D eigenvalue weighted by Gasteiger charge is -2.28. The maximum atomic E-state index is 5.33. The van der Waals surface area contributed by atoms with Gasteiger partial charge in [0.2, 0.25) is 0 Å². The van der Waals surface area contributed by atoms with Gasteiger partial charge >= 0.3 is 0 Å². The summed E-state index contributed by atoms with van der Waals surface area (Å²) in [7, 11) is 0. The molecule has 2 atom stereocenters. The third-order valence-corrected chi connectivity index (χ3v) is 2.87. The quantitative estimate of drug-likeness (QED) is 0.654. The molecule has 0 saturated heterocycles. The lowest BCUT2D eigenvalue weighted by Crippen LogP contribution is -2.34. The maximum Gasteiger partial charge on any atom is 0.0115 e. The Morgan fingerprint density at radius 3 is 3.00 bits per heavy atom. The van der Waals surface area contributed by atoms with Crippen LogP contribution in [0.4, 0.5) is 0 Å². The predicted molar refractivity (Wildman–Crippen MR) is 57.5 cm³/mol.